The predicted molar refractivity (Wildman–Crippen MR) is 97.5 cm³/mol. The van der Waals surface area contributed by atoms with Gasteiger partial charge in [-0.05, 0) is 36.6 Å². The first-order chi connectivity index (χ1) is 12.8. The smallest absolute Gasteiger partial charge is 0.226 e. The molecule has 0 saturated heterocycles. The summed E-state index contributed by atoms with van der Waals surface area (Å²) in [5.41, 5.74) is 2.71. The lowest BCUT2D eigenvalue weighted by molar-refractivity contribution is -0.125. The van der Waals surface area contributed by atoms with Crippen molar-refractivity contribution in [2.45, 2.75) is 19.4 Å². The maximum absolute atomic E-state index is 12.6. The third-order valence-electron chi connectivity index (χ3n) is 4.55. The van der Waals surface area contributed by atoms with Gasteiger partial charge in [0.05, 0.1) is 18.8 Å². The second-order valence-electron chi connectivity index (χ2n) is 6.37. The number of benzene rings is 2. The zero-order valence-electron chi connectivity index (χ0n) is 14.4. The normalized spacial score (nSPS) is 16.2. The molecule has 5 nitrogen and oxygen atoms in total. The van der Waals surface area contributed by atoms with E-state index in [2.05, 4.69) is 10.3 Å². The second kappa shape index (κ2) is 7.44. The summed E-state index contributed by atoms with van der Waals surface area (Å²) in [5, 5.41) is 2.98. The van der Waals surface area contributed by atoms with Crippen molar-refractivity contribution in [3.8, 4) is 17.2 Å². The van der Waals surface area contributed by atoms with Gasteiger partial charge in [-0.25, -0.2) is 4.98 Å². The number of carbonyl (C=O) groups excluding carboxylic acids is 1. The fourth-order valence-electron chi connectivity index (χ4n) is 3.14. The number of aromatic nitrogens is 1. The van der Waals surface area contributed by atoms with Crippen molar-refractivity contribution in [1.82, 2.24) is 10.3 Å². The number of rotatable bonds is 4. The van der Waals surface area contributed by atoms with Gasteiger partial charge in [-0.15, -0.1) is 0 Å². The summed E-state index contributed by atoms with van der Waals surface area (Å²) >= 11 is 0. The van der Waals surface area contributed by atoms with Crippen LogP contribution in [0.4, 0.5) is 0 Å². The van der Waals surface area contributed by atoms with E-state index in [4.69, 9.17) is 9.15 Å². The van der Waals surface area contributed by atoms with Crippen LogP contribution in [0.1, 0.15) is 17.7 Å². The highest BCUT2D eigenvalue weighted by Gasteiger charge is 2.23. The Morgan fingerprint density at radius 2 is 1.92 bits per heavy atom. The average Bonchev–Trinajstić information content (AvgIpc) is 3.05. The summed E-state index contributed by atoms with van der Waals surface area (Å²) in [4.78, 5) is 17.0. The van der Waals surface area contributed by atoms with E-state index in [-0.39, 0.29) is 11.8 Å². The van der Waals surface area contributed by atoms with E-state index in [1.807, 2.05) is 54.6 Å². The Hall–Kier alpha value is -3.08. The minimum atomic E-state index is -0.0980. The summed E-state index contributed by atoms with van der Waals surface area (Å²) < 4.78 is 11.2. The van der Waals surface area contributed by atoms with Gasteiger partial charge in [0.15, 0.2) is 0 Å². The lowest BCUT2D eigenvalue weighted by Gasteiger charge is -2.13. The van der Waals surface area contributed by atoms with Crippen LogP contribution in [0.15, 0.2) is 65.3 Å². The number of fused-ring (bicyclic) bond motifs is 1. The van der Waals surface area contributed by atoms with Crippen LogP contribution in [-0.4, -0.2) is 17.5 Å². The quantitative estimate of drug-likeness (QED) is 0.782. The number of nitrogens with one attached hydrogen (secondary N) is 1. The number of hydrogen-bond acceptors (Lipinski definition) is 4. The molecule has 0 radical (unpaired) electrons. The minimum Gasteiger partial charge on any atom is -0.493 e. The van der Waals surface area contributed by atoms with Crippen LogP contribution in [0.5, 0.6) is 5.75 Å². The zero-order valence-corrected chi connectivity index (χ0v) is 14.4. The molecule has 1 unspecified atom stereocenters. The number of carbonyl (C=O) groups is 1. The molecular weight excluding hydrogens is 328 g/mol. The molecule has 0 aliphatic carbocycles. The van der Waals surface area contributed by atoms with Crippen LogP contribution in [0.3, 0.4) is 0 Å². The molecule has 0 fully saturated rings. The maximum atomic E-state index is 12.6. The van der Waals surface area contributed by atoms with E-state index in [0.717, 1.165) is 16.9 Å². The van der Waals surface area contributed by atoms with Gasteiger partial charge in [-0.3, -0.25) is 4.79 Å². The van der Waals surface area contributed by atoms with Crippen LogP contribution in [0.25, 0.3) is 11.5 Å². The minimum absolute atomic E-state index is 0.0227. The van der Waals surface area contributed by atoms with Gasteiger partial charge in [0.1, 0.15) is 12.0 Å². The second-order valence-corrected chi connectivity index (χ2v) is 6.37. The monoisotopic (exact) mass is 348 g/mol. The average molecular weight is 348 g/mol. The molecule has 5 heteroatoms. The molecule has 1 aliphatic heterocycles. The van der Waals surface area contributed by atoms with Gasteiger partial charge in [0, 0.05) is 11.5 Å². The first-order valence-electron chi connectivity index (χ1n) is 8.78. The summed E-state index contributed by atoms with van der Waals surface area (Å²) in [6.07, 6.45) is 2.98. The standard InChI is InChI=1S/C21H20N2O3/c24-20(17-10-11-25-19-9-5-4-8-16(19)12-17)22-13-18-14-26-21(23-18)15-6-2-1-3-7-15/h1-9,14,17H,10-13H2,(H,22,24). The SMILES string of the molecule is O=C(NCc1coc(-c2ccccc2)n1)C1CCOc2ccccc2C1. The van der Waals surface area contributed by atoms with Gasteiger partial charge in [-0.2, -0.15) is 0 Å². The first-order valence-corrected chi connectivity index (χ1v) is 8.78. The molecule has 0 spiro atoms. The highest BCUT2D eigenvalue weighted by Crippen LogP contribution is 2.26. The van der Waals surface area contributed by atoms with Crippen molar-refractivity contribution in [2.24, 2.45) is 5.92 Å². The topological polar surface area (TPSA) is 64.4 Å². The van der Waals surface area contributed by atoms with Gasteiger partial charge in [0.2, 0.25) is 11.8 Å². The van der Waals surface area contributed by atoms with E-state index < -0.39 is 0 Å². The van der Waals surface area contributed by atoms with Crippen molar-refractivity contribution in [2.75, 3.05) is 6.61 Å². The number of para-hydroxylation sites is 1. The third kappa shape index (κ3) is 3.61. The highest BCUT2D eigenvalue weighted by atomic mass is 16.5. The van der Waals surface area contributed by atoms with Crippen LogP contribution in [0, 0.1) is 5.92 Å². The van der Waals surface area contributed by atoms with E-state index in [0.29, 0.717) is 37.6 Å². The summed E-state index contributed by atoms with van der Waals surface area (Å²) in [6, 6.07) is 17.6. The molecule has 132 valence electrons. The van der Waals surface area contributed by atoms with Crippen molar-refractivity contribution in [1.29, 1.82) is 0 Å². The van der Waals surface area contributed by atoms with Crippen molar-refractivity contribution < 1.29 is 13.9 Å². The molecule has 1 atom stereocenters. The predicted octanol–water partition coefficient (Wildman–Crippen LogP) is 3.60. The number of nitrogens with zero attached hydrogens (tertiary/aromatic N) is 1. The van der Waals surface area contributed by atoms with Crippen molar-refractivity contribution >= 4 is 5.91 Å². The Morgan fingerprint density at radius 1 is 1.12 bits per heavy atom. The van der Waals surface area contributed by atoms with Crippen LogP contribution >= 0.6 is 0 Å². The van der Waals surface area contributed by atoms with Gasteiger partial charge in [-0.1, -0.05) is 36.4 Å². The van der Waals surface area contributed by atoms with Crippen molar-refractivity contribution in [3.05, 3.63) is 72.1 Å². The molecule has 1 N–H and O–H groups in total. The molecule has 3 aromatic rings. The van der Waals surface area contributed by atoms with Gasteiger partial charge in [0.25, 0.3) is 0 Å². The molecule has 1 aliphatic rings. The Balaban J connectivity index is 1.38. The van der Waals surface area contributed by atoms with Crippen LogP contribution < -0.4 is 10.1 Å². The molecule has 1 aromatic heterocycles. The molecular formula is C21H20N2O3. The van der Waals surface area contributed by atoms with Gasteiger partial charge < -0.3 is 14.5 Å². The number of oxazole rings is 1. The number of hydrogen-bond donors (Lipinski definition) is 1. The lowest BCUT2D eigenvalue weighted by Crippen LogP contribution is -2.31. The Morgan fingerprint density at radius 3 is 2.81 bits per heavy atom. The van der Waals surface area contributed by atoms with Gasteiger partial charge >= 0.3 is 0 Å². The van der Waals surface area contributed by atoms with E-state index in [1.54, 1.807) is 6.26 Å². The molecule has 0 saturated carbocycles. The lowest BCUT2D eigenvalue weighted by atomic mass is 9.96. The van der Waals surface area contributed by atoms with Crippen LogP contribution in [-0.2, 0) is 17.8 Å². The molecule has 26 heavy (non-hydrogen) atoms. The Kier molecular flexibility index (Phi) is 4.69. The molecule has 2 aromatic carbocycles. The molecule has 1 amide bonds. The summed E-state index contributed by atoms with van der Waals surface area (Å²) in [6.45, 7) is 0.908. The van der Waals surface area contributed by atoms with E-state index in [1.165, 1.54) is 0 Å². The van der Waals surface area contributed by atoms with E-state index >= 15 is 0 Å². The third-order valence-corrected chi connectivity index (χ3v) is 4.55. The molecule has 2 heterocycles. The molecule has 4 rings (SSSR count). The van der Waals surface area contributed by atoms with Crippen molar-refractivity contribution in [3.63, 3.8) is 0 Å². The largest absolute Gasteiger partial charge is 0.493 e. The molecule has 0 bridgehead atoms. The summed E-state index contributed by atoms with van der Waals surface area (Å²) in [5.74, 6) is 1.37. The Labute approximate surface area is 152 Å². The van der Waals surface area contributed by atoms with E-state index in [9.17, 15) is 4.79 Å². The number of amides is 1. The van der Waals surface area contributed by atoms with Crippen LogP contribution in [0.2, 0.25) is 0 Å². The first kappa shape index (κ1) is 16.4. The summed E-state index contributed by atoms with van der Waals surface area (Å²) in [7, 11) is 0. The zero-order chi connectivity index (χ0) is 17.8. The fraction of sp³-hybridized carbons (Fsp3) is 0.238. The number of ether oxygens (including phenoxy) is 1. The fourth-order valence-corrected chi connectivity index (χ4v) is 3.14. The highest BCUT2D eigenvalue weighted by molar-refractivity contribution is 5.79. The maximum Gasteiger partial charge on any atom is 0.226 e. The Bertz CT molecular complexity index is 889.